The van der Waals surface area contributed by atoms with Gasteiger partial charge in [-0.3, -0.25) is 9.59 Å². The zero-order chi connectivity index (χ0) is 18.5. The summed E-state index contributed by atoms with van der Waals surface area (Å²) in [4.78, 5) is 28.8. The van der Waals surface area contributed by atoms with Gasteiger partial charge in [0.1, 0.15) is 0 Å². The molecule has 3 rings (SSSR count). The first kappa shape index (κ1) is 17.9. The number of rotatable bonds is 3. The Bertz CT molecular complexity index is 819. The Kier molecular flexibility index (Phi) is 5.52. The third kappa shape index (κ3) is 4.20. The van der Waals surface area contributed by atoms with Gasteiger partial charge in [0.15, 0.2) is 0 Å². The first-order chi connectivity index (χ1) is 12.5. The van der Waals surface area contributed by atoms with Crippen molar-refractivity contribution >= 4 is 17.4 Å². The fourth-order valence-corrected chi connectivity index (χ4v) is 3.15. The van der Waals surface area contributed by atoms with Crippen molar-refractivity contribution in [3.63, 3.8) is 0 Å². The van der Waals surface area contributed by atoms with Crippen LogP contribution in [0.3, 0.4) is 0 Å². The summed E-state index contributed by atoms with van der Waals surface area (Å²) in [6, 6.07) is 17.5. The highest BCUT2D eigenvalue weighted by Gasteiger charge is 2.24. The molecule has 1 fully saturated rings. The van der Waals surface area contributed by atoms with Crippen LogP contribution in [0.15, 0.2) is 60.7 Å². The second-order valence-corrected chi connectivity index (χ2v) is 6.68. The summed E-state index contributed by atoms with van der Waals surface area (Å²) in [6.07, 6.45) is 1.69. The average molecular weight is 348 g/mol. The van der Waals surface area contributed by atoms with Crippen LogP contribution in [-0.4, -0.2) is 47.8 Å². The average Bonchev–Trinajstić information content (AvgIpc) is 2.68. The van der Waals surface area contributed by atoms with E-state index in [4.69, 9.17) is 0 Å². The molecule has 0 bridgehead atoms. The lowest BCUT2D eigenvalue weighted by Crippen LogP contribution is -2.50. The predicted octanol–water partition coefficient (Wildman–Crippen LogP) is 3.38. The van der Waals surface area contributed by atoms with E-state index >= 15 is 0 Å². The van der Waals surface area contributed by atoms with E-state index in [2.05, 4.69) is 0 Å². The van der Waals surface area contributed by atoms with Gasteiger partial charge in [-0.2, -0.15) is 0 Å². The first-order valence-corrected chi connectivity index (χ1v) is 8.93. The molecular formula is C22H24N2O2. The molecule has 2 aromatic rings. The normalized spacial score (nSPS) is 15.1. The van der Waals surface area contributed by atoms with Gasteiger partial charge in [0.05, 0.1) is 0 Å². The molecule has 0 aliphatic carbocycles. The topological polar surface area (TPSA) is 40.6 Å². The molecule has 2 aromatic carbocycles. The molecule has 0 aromatic heterocycles. The van der Waals surface area contributed by atoms with Crippen LogP contribution in [0.5, 0.6) is 0 Å². The molecule has 4 heteroatoms. The molecule has 1 heterocycles. The van der Waals surface area contributed by atoms with Crippen molar-refractivity contribution < 1.29 is 9.59 Å². The van der Waals surface area contributed by atoms with Crippen LogP contribution in [0.4, 0.5) is 0 Å². The summed E-state index contributed by atoms with van der Waals surface area (Å²) in [7, 11) is 0. The summed E-state index contributed by atoms with van der Waals surface area (Å²) < 4.78 is 0. The summed E-state index contributed by atoms with van der Waals surface area (Å²) in [6.45, 7) is 6.19. The maximum Gasteiger partial charge on any atom is 0.253 e. The molecular weight excluding hydrogens is 324 g/mol. The third-order valence-electron chi connectivity index (χ3n) is 4.71. The Morgan fingerprint density at radius 1 is 0.846 bits per heavy atom. The van der Waals surface area contributed by atoms with Gasteiger partial charge in [0.2, 0.25) is 5.91 Å². The van der Waals surface area contributed by atoms with E-state index in [0.717, 1.165) is 16.7 Å². The fraction of sp³-hybridized carbons (Fsp3) is 0.273. The van der Waals surface area contributed by atoms with Gasteiger partial charge >= 0.3 is 0 Å². The second kappa shape index (κ2) is 8.00. The highest BCUT2D eigenvalue weighted by atomic mass is 16.2. The van der Waals surface area contributed by atoms with E-state index in [1.54, 1.807) is 6.08 Å². The van der Waals surface area contributed by atoms with Crippen LogP contribution in [-0.2, 0) is 4.79 Å². The zero-order valence-electron chi connectivity index (χ0n) is 15.3. The molecule has 0 atom stereocenters. The molecule has 0 saturated carbocycles. The van der Waals surface area contributed by atoms with Gasteiger partial charge in [0.25, 0.3) is 5.91 Å². The van der Waals surface area contributed by atoms with Gasteiger partial charge in [-0.15, -0.1) is 0 Å². The van der Waals surface area contributed by atoms with Crippen molar-refractivity contribution in [3.05, 3.63) is 77.4 Å². The van der Waals surface area contributed by atoms with Crippen LogP contribution in [0, 0.1) is 6.92 Å². The zero-order valence-corrected chi connectivity index (χ0v) is 15.3. The number of benzene rings is 2. The smallest absolute Gasteiger partial charge is 0.253 e. The van der Waals surface area contributed by atoms with Crippen molar-refractivity contribution in [2.45, 2.75) is 13.8 Å². The van der Waals surface area contributed by atoms with Crippen LogP contribution in [0.25, 0.3) is 5.57 Å². The van der Waals surface area contributed by atoms with E-state index in [0.29, 0.717) is 31.7 Å². The summed E-state index contributed by atoms with van der Waals surface area (Å²) in [5.74, 6) is 0.0471. The Morgan fingerprint density at radius 3 is 2.12 bits per heavy atom. The van der Waals surface area contributed by atoms with Gasteiger partial charge in [0, 0.05) is 37.8 Å². The fourth-order valence-electron chi connectivity index (χ4n) is 3.15. The van der Waals surface area contributed by atoms with Crippen LogP contribution >= 0.6 is 0 Å². The van der Waals surface area contributed by atoms with Gasteiger partial charge < -0.3 is 9.80 Å². The molecule has 0 radical (unpaired) electrons. The SMILES string of the molecule is C/C(=C\C(=O)N1CCN(C(=O)c2cccc(C)c2)CC1)c1ccccc1. The number of carbonyl (C=O) groups is 2. The largest absolute Gasteiger partial charge is 0.336 e. The van der Waals surface area contributed by atoms with E-state index < -0.39 is 0 Å². The molecule has 0 N–H and O–H groups in total. The molecule has 0 unspecified atom stereocenters. The quantitative estimate of drug-likeness (QED) is 0.798. The summed E-state index contributed by atoms with van der Waals surface area (Å²) in [5.41, 5.74) is 3.79. The minimum atomic E-state index is 0.00834. The first-order valence-electron chi connectivity index (χ1n) is 8.93. The minimum Gasteiger partial charge on any atom is -0.336 e. The van der Waals surface area contributed by atoms with Crippen LogP contribution in [0.2, 0.25) is 0 Å². The Labute approximate surface area is 154 Å². The maximum absolute atomic E-state index is 12.6. The lowest BCUT2D eigenvalue weighted by molar-refractivity contribution is -0.127. The number of amides is 2. The molecule has 1 aliphatic rings. The number of hydrogen-bond acceptors (Lipinski definition) is 2. The Hall–Kier alpha value is -2.88. The molecule has 26 heavy (non-hydrogen) atoms. The maximum atomic E-state index is 12.6. The number of nitrogens with zero attached hydrogens (tertiary/aromatic N) is 2. The number of allylic oxidation sites excluding steroid dienone is 1. The third-order valence-corrected chi connectivity index (χ3v) is 4.71. The van der Waals surface area contributed by atoms with E-state index in [9.17, 15) is 9.59 Å². The van der Waals surface area contributed by atoms with Crippen molar-refractivity contribution in [2.75, 3.05) is 26.2 Å². The van der Waals surface area contributed by atoms with E-state index in [-0.39, 0.29) is 11.8 Å². The van der Waals surface area contributed by atoms with Gasteiger partial charge in [-0.25, -0.2) is 0 Å². The Balaban J connectivity index is 1.59. The van der Waals surface area contributed by atoms with Crippen molar-refractivity contribution in [1.29, 1.82) is 0 Å². The van der Waals surface area contributed by atoms with E-state index in [1.165, 1.54) is 0 Å². The second-order valence-electron chi connectivity index (χ2n) is 6.68. The van der Waals surface area contributed by atoms with Crippen molar-refractivity contribution in [1.82, 2.24) is 9.80 Å². The minimum absolute atomic E-state index is 0.00834. The lowest BCUT2D eigenvalue weighted by atomic mass is 10.1. The predicted molar refractivity (Wildman–Crippen MR) is 104 cm³/mol. The molecule has 1 saturated heterocycles. The molecule has 1 aliphatic heterocycles. The van der Waals surface area contributed by atoms with Crippen LogP contribution in [0.1, 0.15) is 28.4 Å². The van der Waals surface area contributed by atoms with Gasteiger partial charge in [-0.1, -0.05) is 48.0 Å². The molecule has 4 nitrogen and oxygen atoms in total. The number of aryl methyl sites for hydroxylation is 1. The summed E-state index contributed by atoms with van der Waals surface area (Å²) in [5, 5.41) is 0. The Morgan fingerprint density at radius 2 is 1.46 bits per heavy atom. The van der Waals surface area contributed by atoms with Crippen molar-refractivity contribution in [2.24, 2.45) is 0 Å². The van der Waals surface area contributed by atoms with E-state index in [1.807, 2.05) is 78.2 Å². The molecule has 2 amide bonds. The van der Waals surface area contributed by atoms with Gasteiger partial charge in [-0.05, 0) is 37.1 Å². The highest BCUT2D eigenvalue weighted by Crippen LogP contribution is 2.15. The van der Waals surface area contributed by atoms with Crippen molar-refractivity contribution in [3.8, 4) is 0 Å². The molecule has 0 spiro atoms. The standard InChI is InChI=1S/C22H24N2O2/c1-17-7-6-10-20(15-17)22(26)24-13-11-23(12-14-24)21(25)16-18(2)19-8-4-3-5-9-19/h3-10,15-16H,11-14H2,1-2H3/b18-16+. The highest BCUT2D eigenvalue weighted by molar-refractivity contribution is 5.96. The van der Waals surface area contributed by atoms with Crippen LogP contribution < -0.4 is 0 Å². The molecule has 134 valence electrons. The summed E-state index contributed by atoms with van der Waals surface area (Å²) >= 11 is 0. The number of piperazine rings is 1. The lowest BCUT2D eigenvalue weighted by Gasteiger charge is -2.34. The number of carbonyl (C=O) groups excluding carboxylic acids is 2. The number of hydrogen-bond donors (Lipinski definition) is 0. The monoisotopic (exact) mass is 348 g/mol.